The molecule has 106 valence electrons. The Bertz CT molecular complexity index is 464. The summed E-state index contributed by atoms with van der Waals surface area (Å²) >= 11 is 0. The number of nitrogen functional groups attached to an aromatic ring is 1. The third-order valence-electron chi connectivity index (χ3n) is 3.37. The van der Waals surface area contributed by atoms with Gasteiger partial charge in [0.1, 0.15) is 5.60 Å². The van der Waals surface area contributed by atoms with Crippen molar-refractivity contribution >= 4 is 11.8 Å². The van der Waals surface area contributed by atoms with E-state index in [0.717, 1.165) is 25.0 Å². The molecule has 0 saturated heterocycles. The lowest BCUT2D eigenvalue weighted by atomic mass is 9.74. The number of hydrogen-bond donors (Lipinski definition) is 2. The van der Waals surface area contributed by atoms with Crippen LogP contribution in [-0.4, -0.2) is 21.5 Å². The molecule has 1 aromatic rings. The quantitative estimate of drug-likeness (QED) is 0.856. The summed E-state index contributed by atoms with van der Waals surface area (Å²) in [5.74, 6) is 0. The monoisotopic (exact) mass is 266 g/mol. The molecule has 1 heterocycles. The van der Waals surface area contributed by atoms with E-state index in [0.29, 0.717) is 5.69 Å². The Morgan fingerprint density at radius 1 is 1.53 bits per heavy atom. The van der Waals surface area contributed by atoms with Crippen LogP contribution in [-0.2, 0) is 17.3 Å². The van der Waals surface area contributed by atoms with Gasteiger partial charge in [-0.3, -0.25) is 4.68 Å². The van der Waals surface area contributed by atoms with Gasteiger partial charge in [0.25, 0.3) is 0 Å². The van der Waals surface area contributed by atoms with Crippen LogP contribution in [0.25, 0.3) is 0 Å². The second-order valence-corrected chi connectivity index (χ2v) is 6.13. The van der Waals surface area contributed by atoms with Gasteiger partial charge in [0.15, 0.2) is 0 Å². The summed E-state index contributed by atoms with van der Waals surface area (Å²) in [7, 11) is 1.84. The van der Waals surface area contributed by atoms with Crippen LogP contribution in [0.1, 0.15) is 45.7 Å². The van der Waals surface area contributed by atoms with Crippen molar-refractivity contribution in [3.63, 3.8) is 0 Å². The molecule has 3 N–H and O–H groups in total. The predicted octanol–water partition coefficient (Wildman–Crippen LogP) is 1.91. The summed E-state index contributed by atoms with van der Waals surface area (Å²) < 4.78 is 7.05. The maximum atomic E-state index is 12.0. The minimum absolute atomic E-state index is 0.409. The van der Waals surface area contributed by atoms with Crippen molar-refractivity contribution in [2.45, 2.75) is 51.2 Å². The number of aryl methyl sites for hydroxylation is 1. The number of anilines is 1. The van der Waals surface area contributed by atoms with E-state index in [1.807, 2.05) is 27.8 Å². The number of carbonyl (C=O) groups excluding carboxylic acids is 1. The van der Waals surface area contributed by atoms with Crippen molar-refractivity contribution < 1.29 is 9.53 Å². The molecular formula is C13H22N4O2. The predicted molar refractivity (Wildman–Crippen MR) is 72.5 cm³/mol. The van der Waals surface area contributed by atoms with Gasteiger partial charge in [0, 0.05) is 7.05 Å². The van der Waals surface area contributed by atoms with Crippen LogP contribution < -0.4 is 11.1 Å². The molecule has 1 aliphatic rings. The first-order valence-electron chi connectivity index (χ1n) is 6.53. The zero-order valence-electron chi connectivity index (χ0n) is 12.0. The normalized spacial score (nSPS) is 17.7. The van der Waals surface area contributed by atoms with E-state index in [1.54, 1.807) is 10.9 Å². The molecule has 0 radical (unpaired) electrons. The fourth-order valence-corrected chi connectivity index (χ4v) is 2.49. The van der Waals surface area contributed by atoms with Gasteiger partial charge in [-0.25, -0.2) is 4.79 Å². The van der Waals surface area contributed by atoms with Crippen LogP contribution in [0.2, 0.25) is 0 Å². The van der Waals surface area contributed by atoms with Gasteiger partial charge in [0.05, 0.1) is 23.1 Å². The second-order valence-electron chi connectivity index (χ2n) is 6.13. The summed E-state index contributed by atoms with van der Waals surface area (Å²) in [4.78, 5) is 12.0. The zero-order valence-corrected chi connectivity index (χ0v) is 12.0. The summed E-state index contributed by atoms with van der Waals surface area (Å²) in [5, 5.41) is 7.11. The van der Waals surface area contributed by atoms with Crippen LogP contribution in [0.3, 0.4) is 0 Å². The SMILES string of the molecule is Cn1ncc(N)c1C1(NC(=O)OC(C)(C)C)CCC1. The number of alkyl carbamates (subject to hydrolysis) is 1. The van der Waals surface area contributed by atoms with Gasteiger partial charge < -0.3 is 15.8 Å². The molecule has 0 aromatic carbocycles. The molecule has 19 heavy (non-hydrogen) atoms. The number of ether oxygens (including phenoxy) is 1. The molecule has 0 aliphatic heterocycles. The van der Waals surface area contributed by atoms with E-state index < -0.39 is 17.2 Å². The summed E-state index contributed by atoms with van der Waals surface area (Å²) in [6.07, 6.45) is 3.98. The first-order valence-corrected chi connectivity index (χ1v) is 6.53. The number of nitrogens with zero attached hydrogens (tertiary/aromatic N) is 2. The standard InChI is InChI=1S/C13H22N4O2/c1-12(2,3)19-11(18)16-13(6-5-7-13)10-9(14)8-15-17(10)4/h8H,5-7,14H2,1-4H3,(H,16,18). The number of hydrogen-bond acceptors (Lipinski definition) is 4. The van der Waals surface area contributed by atoms with Crippen molar-refractivity contribution in [3.8, 4) is 0 Å². The third kappa shape index (κ3) is 2.67. The van der Waals surface area contributed by atoms with Gasteiger partial charge in [-0.1, -0.05) is 0 Å². The van der Waals surface area contributed by atoms with Gasteiger partial charge in [-0.2, -0.15) is 5.10 Å². The molecule has 6 nitrogen and oxygen atoms in total. The first-order chi connectivity index (χ1) is 8.73. The second kappa shape index (κ2) is 4.43. The molecule has 1 saturated carbocycles. The number of amides is 1. The molecule has 1 aliphatic carbocycles. The number of rotatable bonds is 2. The lowest BCUT2D eigenvalue weighted by Gasteiger charge is -2.42. The van der Waals surface area contributed by atoms with Crippen LogP contribution in [0.4, 0.5) is 10.5 Å². The van der Waals surface area contributed by atoms with E-state index in [9.17, 15) is 4.79 Å². The molecule has 2 rings (SSSR count). The summed E-state index contributed by atoms with van der Waals surface area (Å²) in [6, 6.07) is 0. The Morgan fingerprint density at radius 2 is 2.16 bits per heavy atom. The molecule has 0 bridgehead atoms. The van der Waals surface area contributed by atoms with Crippen molar-refractivity contribution in [2.75, 3.05) is 5.73 Å². The Hall–Kier alpha value is -1.72. The van der Waals surface area contributed by atoms with Gasteiger partial charge in [-0.15, -0.1) is 0 Å². The Morgan fingerprint density at radius 3 is 2.53 bits per heavy atom. The fraction of sp³-hybridized carbons (Fsp3) is 0.692. The smallest absolute Gasteiger partial charge is 0.408 e. The minimum atomic E-state index is -0.507. The topological polar surface area (TPSA) is 82.2 Å². The molecule has 0 spiro atoms. The van der Waals surface area contributed by atoms with E-state index in [1.165, 1.54) is 0 Å². The van der Waals surface area contributed by atoms with Crippen molar-refractivity contribution in [1.29, 1.82) is 0 Å². The number of nitrogens with two attached hydrogens (primary N) is 1. The maximum absolute atomic E-state index is 12.0. The highest BCUT2D eigenvalue weighted by Crippen LogP contribution is 2.43. The molecule has 0 atom stereocenters. The lowest BCUT2D eigenvalue weighted by molar-refractivity contribution is 0.0368. The molecule has 0 unspecified atom stereocenters. The molecule has 1 amide bonds. The average Bonchev–Trinajstić information content (AvgIpc) is 2.51. The van der Waals surface area contributed by atoms with Crippen molar-refractivity contribution in [1.82, 2.24) is 15.1 Å². The minimum Gasteiger partial charge on any atom is -0.444 e. The van der Waals surface area contributed by atoms with Crippen molar-refractivity contribution in [3.05, 3.63) is 11.9 Å². The molecule has 1 aromatic heterocycles. The van der Waals surface area contributed by atoms with Crippen molar-refractivity contribution in [2.24, 2.45) is 7.05 Å². The first kappa shape index (κ1) is 13.7. The third-order valence-corrected chi connectivity index (χ3v) is 3.37. The van der Waals surface area contributed by atoms with E-state index >= 15 is 0 Å². The van der Waals surface area contributed by atoms with E-state index in [4.69, 9.17) is 10.5 Å². The fourth-order valence-electron chi connectivity index (χ4n) is 2.49. The Balaban J connectivity index is 2.18. The van der Waals surface area contributed by atoms with Crippen LogP contribution >= 0.6 is 0 Å². The number of carbonyl (C=O) groups is 1. The Labute approximate surface area is 113 Å². The Kier molecular flexibility index (Phi) is 3.20. The van der Waals surface area contributed by atoms with Crippen LogP contribution in [0.15, 0.2) is 6.20 Å². The molecular weight excluding hydrogens is 244 g/mol. The molecule has 6 heteroatoms. The van der Waals surface area contributed by atoms with Gasteiger partial charge in [-0.05, 0) is 40.0 Å². The maximum Gasteiger partial charge on any atom is 0.408 e. The summed E-state index contributed by atoms with van der Waals surface area (Å²) in [6.45, 7) is 5.54. The summed E-state index contributed by atoms with van der Waals surface area (Å²) in [5.41, 5.74) is 6.50. The number of nitrogens with one attached hydrogen (secondary N) is 1. The van der Waals surface area contributed by atoms with Crippen LogP contribution in [0, 0.1) is 0 Å². The highest BCUT2D eigenvalue weighted by molar-refractivity contribution is 5.70. The van der Waals surface area contributed by atoms with Gasteiger partial charge >= 0.3 is 6.09 Å². The molecule has 1 fully saturated rings. The van der Waals surface area contributed by atoms with Crippen LogP contribution in [0.5, 0.6) is 0 Å². The van der Waals surface area contributed by atoms with E-state index in [-0.39, 0.29) is 0 Å². The van der Waals surface area contributed by atoms with E-state index in [2.05, 4.69) is 10.4 Å². The highest BCUT2D eigenvalue weighted by Gasteiger charge is 2.44. The highest BCUT2D eigenvalue weighted by atomic mass is 16.6. The largest absolute Gasteiger partial charge is 0.444 e. The van der Waals surface area contributed by atoms with Gasteiger partial charge in [0.2, 0.25) is 0 Å². The zero-order chi connectivity index (χ0) is 14.3. The lowest BCUT2D eigenvalue weighted by Crippen LogP contribution is -2.53. The average molecular weight is 266 g/mol. The number of aromatic nitrogens is 2.